The van der Waals surface area contributed by atoms with Crippen LogP contribution in [0.2, 0.25) is 0 Å². The summed E-state index contributed by atoms with van der Waals surface area (Å²) in [6.07, 6.45) is 1.70. The van der Waals surface area contributed by atoms with Gasteiger partial charge in [0.25, 0.3) is 0 Å². The molecule has 0 unspecified atom stereocenters. The van der Waals surface area contributed by atoms with Crippen molar-refractivity contribution in [3.63, 3.8) is 0 Å². The zero-order valence-electron chi connectivity index (χ0n) is 10.9. The second-order valence-corrected chi connectivity index (χ2v) is 5.70. The van der Waals surface area contributed by atoms with Gasteiger partial charge in [0.1, 0.15) is 0 Å². The SMILES string of the molecule is CC(C)(CO)NC(=O)C1(c2ccc(N)cc2)CC1. The molecule has 0 heterocycles. The lowest BCUT2D eigenvalue weighted by Gasteiger charge is -2.27. The zero-order chi connectivity index (χ0) is 13.4. The number of aliphatic hydroxyl groups is 1. The van der Waals surface area contributed by atoms with Crippen molar-refractivity contribution in [3.8, 4) is 0 Å². The van der Waals surface area contributed by atoms with Crippen LogP contribution in [0.15, 0.2) is 24.3 Å². The fourth-order valence-electron chi connectivity index (χ4n) is 2.04. The summed E-state index contributed by atoms with van der Waals surface area (Å²) in [4.78, 5) is 12.3. The van der Waals surface area contributed by atoms with Crippen molar-refractivity contribution in [3.05, 3.63) is 29.8 Å². The average molecular weight is 248 g/mol. The molecule has 1 aromatic rings. The summed E-state index contributed by atoms with van der Waals surface area (Å²) in [6, 6.07) is 7.46. The predicted octanol–water partition coefficient (Wildman–Crippen LogP) is 1.19. The van der Waals surface area contributed by atoms with Gasteiger partial charge >= 0.3 is 0 Å². The first-order chi connectivity index (χ1) is 8.39. The van der Waals surface area contributed by atoms with E-state index in [2.05, 4.69) is 5.32 Å². The number of nitrogens with one attached hydrogen (secondary N) is 1. The standard InChI is InChI=1S/C14H20N2O2/c1-13(2,9-17)16-12(18)14(7-8-14)10-3-5-11(15)6-4-10/h3-6,17H,7-9,15H2,1-2H3,(H,16,18). The molecule has 1 aliphatic carbocycles. The summed E-state index contributed by atoms with van der Waals surface area (Å²) in [6.45, 7) is 3.55. The van der Waals surface area contributed by atoms with Gasteiger partial charge in [-0.1, -0.05) is 12.1 Å². The number of aliphatic hydroxyl groups excluding tert-OH is 1. The molecule has 0 saturated heterocycles. The van der Waals surface area contributed by atoms with E-state index >= 15 is 0 Å². The molecule has 0 atom stereocenters. The highest BCUT2D eigenvalue weighted by molar-refractivity contribution is 5.91. The van der Waals surface area contributed by atoms with Crippen LogP contribution in [0.4, 0.5) is 5.69 Å². The molecule has 2 rings (SSSR count). The van der Waals surface area contributed by atoms with Crippen LogP contribution >= 0.6 is 0 Å². The van der Waals surface area contributed by atoms with E-state index < -0.39 is 11.0 Å². The van der Waals surface area contributed by atoms with E-state index in [4.69, 9.17) is 5.73 Å². The van der Waals surface area contributed by atoms with E-state index in [-0.39, 0.29) is 12.5 Å². The Morgan fingerprint density at radius 1 is 1.39 bits per heavy atom. The Morgan fingerprint density at radius 3 is 2.39 bits per heavy atom. The van der Waals surface area contributed by atoms with E-state index in [0.29, 0.717) is 5.69 Å². The monoisotopic (exact) mass is 248 g/mol. The molecule has 0 aliphatic heterocycles. The Labute approximate surface area is 107 Å². The maximum Gasteiger partial charge on any atom is 0.231 e. The van der Waals surface area contributed by atoms with E-state index in [0.717, 1.165) is 18.4 Å². The van der Waals surface area contributed by atoms with Crippen LogP contribution in [0.5, 0.6) is 0 Å². The normalized spacial score (nSPS) is 17.3. The maximum absolute atomic E-state index is 12.3. The molecule has 0 aromatic heterocycles. The first kappa shape index (κ1) is 12.9. The molecule has 1 amide bonds. The Hall–Kier alpha value is -1.55. The van der Waals surface area contributed by atoms with E-state index in [1.807, 2.05) is 38.1 Å². The van der Waals surface area contributed by atoms with Crippen molar-refractivity contribution in [1.29, 1.82) is 0 Å². The van der Waals surface area contributed by atoms with Gasteiger partial charge in [-0.15, -0.1) is 0 Å². The summed E-state index contributed by atoms with van der Waals surface area (Å²) in [5.41, 5.74) is 6.36. The minimum atomic E-state index is -0.583. The second kappa shape index (κ2) is 4.28. The van der Waals surface area contributed by atoms with E-state index in [1.54, 1.807) is 0 Å². The van der Waals surface area contributed by atoms with Crippen molar-refractivity contribution in [2.45, 2.75) is 37.6 Å². The van der Waals surface area contributed by atoms with Gasteiger partial charge in [-0.2, -0.15) is 0 Å². The molecular weight excluding hydrogens is 228 g/mol. The average Bonchev–Trinajstić information content (AvgIpc) is 3.11. The van der Waals surface area contributed by atoms with Crippen molar-refractivity contribution < 1.29 is 9.90 Å². The van der Waals surface area contributed by atoms with Crippen molar-refractivity contribution in [2.24, 2.45) is 0 Å². The number of amides is 1. The van der Waals surface area contributed by atoms with Crippen LogP contribution in [0.3, 0.4) is 0 Å². The van der Waals surface area contributed by atoms with Crippen LogP contribution in [-0.2, 0) is 10.2 Å². The number of benzene rings is 1. The number of anilines is 1. The molecule has 4 N–H and O–H groups in total. The molecule has 1 aromatic carbocycles. The van der Waals surface area contributed by atoms with Crippen LogP contribution in [0.1, 0.15) is 32.3 Å². The lowest BCUT2D eigenvalue weighted by molar-refractivity contribution is -0.125. The van der Waals surface area contributed by atoms with Crippen LogP contribution in [0.25, 0.3) is 0 Å². The number of carbonyl (C=O) groups excluding carboxylic acids is 1. The topological polar surface area (TPSA) is 75.3 Å². The number of rotatable bonds is 4. The van der Waals surface area contributed by atoms with Gasteiger partial charge in [-0.05, 0) is 44.4 Å². The smallest absolute Gasteiger partial charge is 0.231 e. The number of hydrogen-bond donors (Lipinski definition) is 3. The first-order valence-electron chi connectivity index (χ1n) is 6.19. The van der Waals surface area contributed by atoms with Gasteiger partial charge < -0.3 is 16.2 Å². The third-order valence-electron chi connectivity index (χ3n) is 3.50. The fraction of sp³-hybridized carbons (Fsp3) is 0.500. The van der Waals surface area contributed by atoms with Gasteiger partial charge in [-0.25, -0.2) is 0 Å². The van der Waals surface area contributed by atoms with Gasteiger partial charge in [-0.3, -0.25) is 4.79 Å². The molecule has 18 heavy (non-hydrogen) atoms. The van der Waals surface area contributed by atoms with Gasteiger partial charge in [0.2, 0.25) is 5.91 Å². The molecular formula is C14H20N2O2. The third kappa shape index (κ3) is 2.34. The zero-order valence-corrected chi connectivity index (χ0v) is 10.9. The molecule has 0 spiro atoms. The van der Waals surface area contributed by atoms with Crippen LogP contribution in [-0.4, -0.2) is 23.2 Å². The van der Waals surface area contributed by atoms with Crippen LogP contribution in [0, 0.1) is 0 Å². The van der Waals surface area contributed by atoms with E-state index in [9.17, 15) is 9.90 Å². The van der Waals surface area contributed by atoms with Crippen LogP contribution < -0.4 is 11.1 Å². The lowest BCUT2D eigenvalue weighted by atomic mass is 9.93. The Morgan fingerprint density at radius 2 is 1.94 bits per heavy atom. The highest BCUT2D eigenvalue weighted by Crippen LogP contribution is 2.48. The third-order valence-corrected chi connectivity index (χ3v) is 3.50. The summed E-state index contributed by atoms with van der Waals surface area (Å²) in [5.74, 6) is -0.00804. The van der Waals surface area contributed by atoms with Crippen molar-refractivity contribution in [1.82, 2.24) is 5.32 Å². The summed E-state index contributed by atoms with van der Waals surface area (Å²) in [7, 11) is 0. The van der Waals surface area contributed by atoms with Gasteiger partial charge in [0.15, 0.2) is 0 Å². The minimum Gasteiger partial charge on any atom is -0.399 e. The number of nitrogens with two attached hydrogens (primary N) is 1. The van der Waals surface area contributed by atoms with Gasteiger partial charge in [0, 0.05) is 5.69 Å². The molecule has 1 saturated carbocycles. The molecule has 0 bridgehead atoms. The molecule has 1 fully saturated rings. The highest BCUT2D eigenvalue weighted by Gasteiger charge is 2.52. The molecule has 0 radical (unpaired) electrons. The lowest BCUT2D eigenvalue weighted by Crippen LogP contribution is -2.50. The van der Waals surface area contributed by atoms with Crippen molar-refractivity contribution in [2.75, 3.05) is 12.3 Å². The molecule has 98 valence electrons. The molecule has 4 heteroatoms. The summed E-state index contributed by atoms with van der Waals surface area (Å²) in [5, 5.41) is 12.1. The highest BCUT2D eigenvalue weighted by atomic mass is 16.3. The summed E-state index contributed by atoms with van der Waals surface area (Å²) < 4.78 is 0. The summed E-state index contributed by atoms with van der Waals surface area (Å²) >= 11 is 0. The maximum atomic E-state index is 12.3. The van der Waals surface area contributed by atoms with Gasteiger partial charge in [0.05, 0.1) is 17.6 Å². The number of hydrogen-bond acceptors (Lipinski definition) is 3. The Bertz CT molecular complexity index is 447. The quantitative estimate of drug-likeness (QED) is 0.701. The molecule has 4 nitrogen and oxygen atoms in total. The first-order valence-corrected chi connectivity index (χ1v) is 6.19. The Balaban J connectivity index is 2.17. The Kier molecular flexibility index (Phi) is 3.07. The van der Waals surface area contributed by atoms with Crippen molar-refractivity contribution >= 4 is 11.6 Å². The number of nitrogen functional groups attached to an aromatic ring is 1. The minimum absolute atomic E-state index is 0.00804. The molecule has 1 aliphatic rings. The largest absolute Gasteiger partial charge is 0.399 e. The second-order valence-electron chi connectivity index (χ2n) is 5.70. The number of carbonyl (C=O) groups is 1. The van der Waals surface area contributed by atoms with E-state index in [1.165, 1.54) is 0 Å². The fourth-order valence-corrected chi connectivity index (χ4v) is 2.04. The predicted molar refractivity (Wildman–Crippen MR) is 71.1 cm³/mol.